The van der Waals surface area contributed by atoms with Gasteiger partial charge < -0.3 is 4.74 Å². The topological polar surface area (TPSA) is 80.8 Å². The molecule has 6 nitrogen and oxygen atoms in total. The molecule has 0 saturated heterocycles. The molecule has 0 atom stereocenters. The summed E-state index contributed by atoms with van der Waals surface area (Å²) in [6.45, 7) is -0.537. The molecule has 1 aliphatic heterocycles. The van der Waals surface area contributed by atoms with Crippen molar-refractivity contribution in [1.29, 1.82) is 0 Å². The number of hydrogen-bond acceptors (Lipinski definition) is 5. The highest BCUT2D eigenvalue weighted by atomic mass is 35.5. The Kier molecular flexibility index (Phi) is 6.45. The van der Waals surface area contributed by atoms with Gasteiger partial charge in [0.05, 0.1) is 42.5 Å². The molecule has 0 saturated carbocycles. The number of rotatable bonds is 5. The number of carbonyl (C=O) groups excluding carboxylic acids is 4. The maximum Gasteiger partial charge on any atom is 0.338 e. The van der Waals surface area contributed by atoms with Crippen LogP contribution in [0, 0.1) is 0 Å². The molecule has 0 fully saturated rings. The zero-order valence-electron chi connectivity index (χ0n) is 16.4. The van der Waals surface area contributed by atoms with Gasteiger partial charge in [-0.1, -0.05) is 52.5 Å². The molecule has 10 heteroatoms. The molecule has 0 unspecified atom stereocenters. The van der Waals surface area contributed by atoms with Crippen LogP contribution < -0.4 is 4.90 Å². The Morgan fingerprint density at radius 1 is 0.727 bits per heavy atom. The molecule has 166 valence electrons. The average molecular weight is 523 g/mol. The molecule has 2 amide bonds. The lowest BCUT2D eigenvalue weighted by molar-refractivity contribution is 0.0474. The van der Waals surface area contributed by atoms with Crippen LogP contribution in [0.4, 0.5) is 5.69 Å². The van der Waals surface area contributed by atoms with Crippen LogP contribution in [0.2, 0.25) is 20.1 Å². The Bertz CT molecular complexity index is 1310. The number of nitrogens with zero attached hydrogens (tertiary/aromatic N) is 1. The van der Waals surface area contributed by atoms with E-state index in [1.165, 1.54) is 54.6 Å². The number of halogens is 4. The SMILES string of the molecule is O=C(COC(=O)c1cccc(N2C(=O)c3cc(Cl)c(Cl)cc3C2=O)c1)c1ccc(Cl)c(Cl)c1. The third kappa shape index (κ3) is 4.48. The van der Waals surface area contributed by atoms with Crippen molar-refractivity contribution >= 4 is 75.7 Å². The van der Waals surface area contributed by atoms with Gasteiger partial charge in [0.15, 0.2) is 12.4 Å². The molecule has 0 bridgehead atoms. The summed E-state index contributed by atoms with van der Waals surface area (Å²) < 4.78 is 5.09. The van der Waals surface area contributed by atoms with Crippen LogP contribution in [0.5, 0.6) is 0 Å². The Morgan fingerprint density at radius 2 is 1.33 bits per heavy atom. The second-order valence-corrected chi connectivity index (χ2v) is 8.56. The maximum absolute atomic E-state index is 12.8. The van der Waals surface area contributed by atoms with E-state index in [0.717, 1.165) is 4.90 Å². The second-order valence-electron chi connectivity index (χ2n) is 6.94. The van der Waals surface area contributed by atoms with Gasteiger partial charge in [-0.05, 0) is 48.5 Å². The number of Topliss-reactive ketones (excluding diaryl/α,β-unsaturated/α-hetero) is 1. The number of ether oxygens (including phenoxy) is 1. The fraction of sp³-hybridized carbons (Fsp3) is 0.0435. The molecule has 3 aromatic carbocycles. The Hall–Kier alpha value is -2.90. The fourth-order valence-electron chi connectivity index (χ4n) is 3.21. The van der Waals surface area contributed by atoms with Crippen LogP contribution in [0.25, 0.3) is 0 Å². The van der Waals surface area contributed by atoms with E-state index >= 15 is 0 Å². The third-order valence-corrected chi connectivity index (χ3v) is 6.30. The van der Waals surface area contributed by atoms with Crippen molar-refractivity contribution in [3.8, 4) is 0 Å². The van der Waals surface area contributed by atoms with Crippen molar-refractivity contribution in [2.45, 2.75) is 0 Å². The molecule has 0 aromatic heterocycles. The quantitative estimate of drug-likeness (QED) is 0.228. The van der Waals surface area contributed by atoms with Crippen molar-refractivity contribution in [2.75, 3.05) is 11.5 Å². The van der Waals surface area contributed by atoms with Gasteiger partial charge in [-0.3, -0.25) is 14.4 Å². The summed E-state index contributed by atoms with van der Waals surface area (Å²) >= 11 is 23.7. The number of amides is 2. The van der Waals surface area contributed by atoms with Gasteiger partial charge in [0.2, 0.25) is 0 Å². The molecule has 0 radical (unpaired) electrons. The number of ketones is 1. The number of benzene rings is 3. The Labute approximate surface area is 207 Å². The van der Waals surface area contributed by atoms with Gasteiger partial charge in [-0.25, -0.2) is 9.69 Å². The number of anilines is 1. The van der Waals surface area contributed by atoms with E-state index in [1.54, 1.807) is 0 Å². The van der Waals surface area contributed by atoms with Crippen LogP contribution in [-0.4, -0.2) is 30.2 Å². The summed E-state index contributed by atoms with van der Waals surface area (Å²) in [5, 5.41) is 0.773. The van der Waals surface area contributed by atoms with Gasteiger partial charge >= 0.3 is 5.97 Å². The molecule has 1 heterocycles. The van der Waals surface area contributed by atoms with E-state index in [-0.39, 0.29) is 43.0 Å². The lowest BCUT2D eigenvalue weighted by atomic mass is 10.1. The van der Waals surface area contributed by atoms with Crippen molar-refractivity contribution in [3.63, 3.8) is 0 Å². The fourth-order valence-corrected chi connectivity index (χ4v) is 3.83. The first-order valence-corrected chi connectivity index (χ1v) is 10.8. The summed E-state index contributed by atoms with van der Waals surface area (Å²) in [6.07, 6.45) is 0. The van der Waals surface area contributed by atoms with Crippen LogP contribution in [0.3, 0.4) is 0 Å². The lowest BCUT2D eigenvalue weighted by Gasteiger charge is -2.14. The van der Waals surface area contributed by atoms with E-state index in [1.807, 2.05) is 0 Å². The minimum Gasteiger partial charge on any atom is -0.454 e. The minimum atomic E-state index is -0.812. The number of hydrogen-bond donors (Lipinski definition) is 0. The van der Waals surface area contributed by atoms with Crippen molar-refractivity contribution in [3.05, 3.63) is 96.9 Å². The van der Waals surface area contributed by atoms with Gasteiger partial charge in [0, 0.05) is 5.56 Å². The van der Waals surface area contributed by atoms with Crippen molar-refractivity contribution in [1.82, 2.24) is 0 Å². The molecule has 3 aromatic rings. The second kappa shape index (κ2) is 9.15. The van der Waals surface area contributed by atoms with E-state index < -0.39 is 30.2 Å². The first kappa shape index (κ1) is 23.3. The van der Waals surface area contributed by atoms with Crippen LogP contribution in [0.1, 0.15) is 41.4 Å². The molecular formula is C23H11Cl4NO5. The monoisotopic (exact) mass is 521 g/mol. The largest absolute Gasteiger partial charge is 0.454 e. The average Bonchev–Trinajstić information content (AvgIpc) is 3.03. The number of carbonyl (C=O) groups is 4. The highest BCUT2D eigenvalue weighted by Gasteiger charge is 2.37. The van der Waals surface area contributed by atoms with Crippen molar-refractivity contribution in [2.24, 2.45) is 0 Å². The summed E-state index contributed by atoms with van der Waals surface area (Å²) in [5.41, 5.74) is 0.638. The van der Waals surface area contributed by atoms with Crippen LogP contribution in [-0.2, 0) is 4.74 Å². The standard InChI is InChI=1S/C23H11Cl4NO5/c24-16-5-4-11(7-17(16)25)20(29)10-33-23(32)12-2-1-3-13(6-12)28-21(30)14-8-18(26)19(27)9-15(14)22(28)31/h1-9H,10H2. The maximum atomic E-state index is 12.8. The predicted molar refractivity (Wildman–Crippen MR) is 125 cm³/mol. The zero-order valence-corrected chi connectivity index (χ0v) is 19.4. The van der Waals surface area contributed by atoms with Gasteiger partial charge in [-0.15, -0.1) is 0 Å². The predicted octanol–water partition coefficient (Wildman–Crippen LogP) is 6.14. The van der Waals surface area contributed by atoms with Gasteiger partial charge in [0.1, 0.15) is 0 Å². The highest BCUT2D eigenvalue weighted by Crippen LogP contribution is 2.34. The highest BCUT2D eigenvalue weighted by molar-refractivity contribution is 6.44. The summed E-state index contributed by atoms with van der Waals surface area (Å²) in [5.74, 6) is -2.50. The molecule has 1 aliphatic rings. The normalized spacial score (nSPS) is 12.7. The third-order valence-electron chi connectivity index (χ3n) is 4.84. The first-order chi connectivity index (χ1) is 15.7. The van der Waals surface area contributed by atoms with E-state index in [9.17, 15) is 19.2 Å². The zero-order chi connectivity index (χ0) is 23.9. The minimum absolute atomic E-state index is 0.0436. The molecule has 33 heavy (non-hydrogen) atoms. The van der Waals surface area contributed by atoms with Crippen molar-refractivity contribution < 1.29 is 23.9 Å². The number of esters is 1. The Morgan fingerprint density at radius 3 is 1.94 bits per heavy atom. The van der Waals surface area contributed by atoms with Crippen LogP contribution >= 0.6 is 46.4 Å². The smallest absolute Gasteiger partial charge is 0.338 e. The van der Waals surface area contributed by atoms with E-state index in [2.05, 4.69) is 0 Å². The van der Waals surface area contributed by atoms with Gasteiger partial charge in [0.25, 0.3) is 11.8 Å². The molecule has 0 N–H and O–H groups in total. The number of imide groups is 1. The van der Waals surface area contributed by atoms with Crippen LogP contribution in [0.15, 0.2) is 54.6 Å². The molecular weight excluding hydrogens is 512 g/mol. The summed E-state index contributed by atoms with van der Waals surface area (Å²) in [7, 11) is 0. The summed E-state index contributed by atoms with van der Waals surface area (Å²) in [6, 6.07) is 12.7. The van der Waals surface area contributed by atoms with E-state index in [0.29, 0.717) is 5.02 Å². The number of fused-ring (bicyclic) bond motifs is 1. The first-order valence-electron chi connectivity index (χ1n) is 9.30. The van der Waals surface area contributed by atoms with Gasteiger partial charge in [-0.2, -0.15) is 0 Å². The molecule has 0 spiro atoms. The molecule has 4 rings (SSSR count). The molecule has 0 aliphatic carbocycles. The lowest BCUT2D eigenvalue weighted by Crippen LogP contribution is -2.29. The van der Waals surface area contributed by atoms with E-state index in [4.69, 9.17) is 51.1 Å². The Balaban J connectivity index is 1.51. The summed E-state index contributed by atoms with van der Waals surface area (Å²) in [4.78, 5) is 51.3.